The van der Waals surface area contributed by atoms with Gasteiger partial charge < -0.3 is 14.2 Å². The molecule has 0 aliphatic rings. The third-order valence-corrected chi connectivity index (χ3v) is 3.31. The van der Waals surface area contributed by atoms with Crippen LogP contribution in [0, 0.1) is 12.8 Å². The first-order chi connectivity index (χ1) is 11.7. The van der Waals surface area contributed by atoms with Crippen molar-refractivity contribution in [2.24, 2.45) is 5.92 Å². The van der Waals surface area contributed by atoms with Crippen LogP contribution in [0.1, 0.15) is 44.9 Å². The molecular weight excluding hydrogens is 324 g/mol. The lowest BCUT2D eigenvalue weighted by Crippen LogP contribution is -2.21. The van der Waals surface area contributed by atoms with Crippen LogP contribution in [0.5, 0.6) is 0 Å². The van der Waals surface area contributed by atoms with Gasteiger partial charge in [-0.05, 0) is 18.6 Å². The molecule has 0 aliphatic heterocycles. The van der Waals surface area contributed by atoms with Gasteiger partial charge >= 0.3 is 17.9 Å². The minimum absolute atomic E-state index is 0.236. The first-order valence-corrected chi connectivity index (χ1v) is 7.95. The highest BCUT2D eigenvalue weighted by Gasteiger charge is 2.21. The number of aryl methyl sites for hydroxylation is 1. The lowest BCUT2D eigenvalue weighted by atomic mass is 9.96. The fourth-order valence-corrected chi connectivity index (χ4v) is 2.21. The summed E-state index contributed by atoms with van der Waals surface area (Å²) in [6.45, 7) is 7.61. The van der Waals surface area contributed by atoms with Gasteiger partial charge in [0.05, 0.1) is 0 Å². The molecule has 0 N–H and O–H groups in total. The summed E-state index contributed by atoms with van der Waals surface area (Å²) in [5.41, 5.74) is 1.94. The van der Waals surface area contributed by atoms with E-state index < -0.39 is 30.3 Å². The van der Waals surface area contributed by atoms with Crippen molar-refractivity contribution in [2.45, 2.75) is 47.0 Å². The Balaban J connectivity index is 2.96. The van der Waals surface area contributed by atoms with Crippen molar-refractivity contribution in [3.63, 3.8) is 0 Å². The summed E-state index contributed by atoms with van der Waals surface area (Å²) < 4.78 is 15.3. The molecular formula is C19H24O6. The molecule has 1 rings (SSSR count). The molecule has 0 heterocycles. The minimum Gasteiger partial charge on any atom is -0.457 e. The predicted octanol–water partition coefficient (Wildman–Crippen LogP) is 3.24. The molecule has 0 aliphatic carbocycles. The minimum atomic E-state index is -1.12. The smallest absolute Gasteiger partial charge is 0.305 e. The molecule has 0 spiro atoms. The molecule has 1 aromatic rings. The van der Waals surface area contributed by atoms with E-state index in [-0.39, 0.29) is 5.92 Å². The zero-order chi connectivity index (χ0) is 19.0. The monoisotopic (exact) mass is 348 g/mol. The maximum absolute atomic E-state index is 11.4. The third-order valence-electron chi connectivity index (χ3n) is 3.31. The first kappa shape index (κ1) is 20.4. The molecule has 6 heteroatoms. The van der Waals surface area contributed by atoms with Crippen LogP contribution in [0.2, 0.25) is 0 Å². The average Bonchev–Trinajstić information content (AvgIpc) is 2.49. The first-order valence-electron chi connectivity index (χ1n) is 7.95. The summed E-state index contributed by atoms with van der Waals surface area (Å²) in [6, 6.07) is 7.65. The molecule has 0 radical (unpaired) electrons. The Labute approximate surface area is 147 Å². The number of rotatable bonds is 7. The predicted molar refractivity (Wildman–Crippen MR) is 91.3 cm³/mol. The van der Waals surface area contributed by atoms with E-state index in [1.165, 1.54) is 26.8 Å². The van der Waals surface area contributed by atoms with Gasteiger partial charge in [-0.1, -0.05) is 42.8 Å². The van der Waals surface area contributed by atoms with Crippen LogP contribution in [0.15, 0.2) is 36.4 Å². The van der Waals surface area contributed by atoms with Crippen LogP contribution < -0.4 is 0 Å². The lowest BCUT2D eigenvalue weighted by molar-refractivity contribution is -0.176. The fraction of sp³-hybridized carbons (Fsp3) is 0.421. The van der Waals surface area contributed by atoms with Gasteiger partial charge in [-0.25, -0.2) is 0 Å². The maximum Gasteiger partial charge on any atom is 0.305 e. The van der Waals surface area contributed by atoms with Crippen LogP contribution >= 0.6 is 0 Å². The summed E-state index contributed by atoms with van der Waals surface area (Å²) >= 11 is 0. The van der Waals surface area contributed by atoms with E-state index in [0.717, 1.165) is 11.1 Å². The summed E-state index contributed by atoms with van der Waals surface area (Å²) in [5.74, 6) is -1.78. The van der Waals surface area contributed by atoms with Crippen molar-refractivity contribution in [1.82, 2.24) is 0 Å². The molecule has 2 unspecified atom stereocenters. The number of hydrogen-bond donors (Lipinski definition) is 0. The van der Waals surface area contributed by atoms with E-state index in [9.17, 15) is 14.4 Å². The molecule has 0 bridgehead atoms. The molecule has 25 heavy (non-hydrogen) atoms. The van der Waals surface area contributed by atoms with Gasteiger partial charge in [0.15, 0.2) is 0 Å². The van der Waals surface area contributed by atoms with Crippen molar-refractivity contribution in [1.29, 1.82) is 0 Å². The zero-order valence-electron chi connectivity index (χ0n) is 15.1. The van der Waals surface area contributed by atoms with Gasteiger partial charge in [0.25, 0.3) is 6.29 Å². The van der Waals surface area contributed by atoms with Gasteiger partial charge in [-0.2, -0.15) is 0 Å². The van der Waals surface area contributed by atoms with Gasteiger partial charge in [0.2, 0.25) is 0 Å². The number of benzene rings is 1. The standard InChI is InChI=1S/C19H24O6/c1-12-6-9-17(10-7-12)19(25-16(5)22)13(2)8-11-18(23-14(3)20)24-15(4)21/h6-11,13,18-19H,1-5H3/b11-8+. The van der Waals surface area contributed by atoms with E-state index in [2.05, 4.69) is 0 Å². The number of carbonyl (C=O) groups excluding carboxylic acids is 3. The fourth-order valence-electron chi connectivity index (χ4n) is 2.21. The molecule has 2 atom stereocenters. The number of ether oxygens (including phenoxy) is 3. The van der Waals surface area contributed by atoms with Crippen molar-refractivity contribution >= 4 is 17.9 Å². The highest BCUT2D eigenvalue weighted by atomic mass is 16.7. The zero-order valence-corrected chi connectivity index (χ0v) is 15.1. The number of hydrogen-bond acceptors (Lipinski definition) is 6. The van der Waals surface area contributed by atoms with Crippen molar-refractivity contribution < 1.29 is 28.6 Å². The lowest BCUT2D eigenvalue weighted by Gasteiger charge is -2.22. The van der Waals surface area contributed by atoms with E-state index >= 15 is 0 Å². The van der Waals surface area contributed by atoms with Gasteiger partial charge in [-0.3, -0.25) is 14.4 Å². The van der Waals surface area contributed by atoms with E-state index in [4.69, 9.17) is 14.2 Å². The topological polar surface area (TPSA) is 78.9 Å². The second-order valence-corrected chi connectivity index (χ2v) is 5.77. The molecule has 0 saturated carbocycles. The summed E-state index contributed by atoms with van der Waals surface area (Å²) in [4.78, 5) is 33.6. The Morgan fingerprint density at radius 1 is 0.840 bits per heavy atom. The summed E-state index contributed by atoms with van der Waals surface area (Å²) in [6.07, 6.45) is 1.51. The highest BCUT2D eigenvalue weighted by Crippen LogP contribution is 2.28. The van der Waals surface area contributed by atoms with Crippen molar-refractivity contribution in [3.8, 4) is 0 Å². The average molecular weight is 348 g/mol. The van der Waals surface area contributed by atoms with Crippen LogP contribution in [-0.2, 0) is 28.6 Å². The summed E-state index contributed by atoms with van der Waals surface area (Å²) in [5, 5.41) is 0. The van der Waals surface area contributed by atoms with Crippen LogP contribution in [-0.4, -0.2) is 24.2 Å². The van der Waals surface area contributed by atoms with Gasteiger partial charge in [-0.15, -0.1) is 0 Å². The normalized spacial score (nSPS) is 13.4. The van der Waals surface area contributed by atoms with Gasteiger partial charge in [0.1, 0.15) is 6.10 Å². The Bertz CT molecular complexity index is 616. The molecule has 0 amide bonds. The Kier molecular flexibility index (Phi) is 7.85. The molecule has 6 nitrogen and oxygen atoms in total. The Hall–Kier alpha value is -2.63. The van der Waals surface area contributed by atoms with Crippen LogP contribution in [0.3, 0.4) is 0 Å². The highest BCUT2D eigenvalue weighted by molar-refractivity contribution is 5.68. The Morgan fingerprint density at radius 3 is 1.76 bits per heavy atom. The number of carbonyl (C=O) groups is 3. The second kappa shape index (κ2) is 9.61. The van der Waals surface area contributed by atoms with E-state index in [1.807, 2.05) is 38.1 Å². The molecule has 0 aromatic heterocycles. The largest absolute Gasteiger partial charge is 0.457 e. The van der Waals surface area contributed by atoms with Gasteiger partial charge in [0, 0.05) is 26.7 Å². The molecule has 136 valence electrons. The molecule has 0 saturated heterocycles. The van der Waals surface area contributed by atoms with Crippen molar-refractivity contribution in [3.05, 3.63) is 47.5 Å². The summed E-state index contributed by atoms with van der Waals surface area (Å²) in [7, 11) is 0. The quantitative estimate of drug-likeness (QED) is 0.427. The molecule has 1 aromatic carbocycles. The van der Waals surface area contributed by atoms with Crippen molar-refractivity contribution in [2.75, 3.05) is 0 Å². The SMILES string of the molecule is CC(=O)OC(/C=C/C(C)C(OC(C)=O)c1ccc(C)cc1)OC(C)=O. The molecule has 0 fully saturated rings. The van der Waals surface area contributed by atoms with Crippen LogP contribution in [0.25, 0.3) is 0 Å². The third kappa shape index (κ3) is 7.65. The van der Waals surface area contributed by atoms with E-state index in [1.54, 1.807) is 6.08 Å². The Morgan fingerprint density at radius 2 is 1.32 bits per heavy atom. The van der Waals surface area contributed by atoms with E-state index in [0.29, 0.717) is 0 Å². The van der Waals surface area contributed by atoms with Crippen LogP contribution in [0.4, 0.5) is 0 Å². The number of esters is 3. The second-order valence-electron chi connectivity index (χ2n) is 5.77. The maximum atomic E-state index is 11.4.